The van der Waals surface area contributed by atoms with Gasteiger partial charge in [0.15, 0.2) is 17.6 Å². The van der Waals surface area contributed by atoms with E-state index in [9.17, 15) is 24.3 Å². The minimum atomic E-state index is -1.08. The molecule has 35 heavy (non-hydrogen) atoms. The van der Waals surface area contributed by atoms with E-state index in [4.69, 9.17) is 14.2 Å². The SMILES string of the molecule is COc1ccc(CCn2c(O)c(C(=O)C(C)Oc3ccc(F)cc3)c(C)c(C#N)c2=O)cc1OC. The van der Waals surface area contributed by atoms with Crippen LogP contribution in [-0.4, -0.2) is 35.8 Å². The van der Waals surface area contributed by atoms with Crippen LogP contribution in [0.1, 0.15) is 34.0 Å². The maximum atomic E-state index is 13.2. The number of hydrogen-bond donors (Lipinski definition) is 1. The lowest BCUT2D eigenvalue weighted by Gasteiger charge is -2.19. The topological polar surface area (TPSA) is 111 Å². The molecule has 1 heterocycles. The van der Waals surface area contributed by atoms with Crippen molar-refractivity contribution < 1.29 is 28.5 Å². The Kier molecular flexibility index (Phi) is 7.76. The van der Waals surface area contributed by atoms with Crippen molar-refractivity contribution in [3.63, 3.8) is 0 Å². The number of rotatable bonds is 9. The smallest absolute Gasteiger partial charge is 0.271 e. The van der Waals surface area contributed by atoms with E-state index in [0.717, 1.165) is 10.1 Å². The van der Waals surface area contributed by atoms with E-state index in [0.29, 0.717) is 17.9 Å². The summed E-state index contributed by atoms with van der Waals surface area (Å²) in [5.74, 6) is -0.323. The van der Waals surface area contributed by atoms with Crippen LogP contribution in [0.25, 0.3) is 0 Å². The van der Waals surface area contributed by atoms with E-state index in [1.165, 1.54) is 52.3 Å². The van der Waals surface area contributed by atoms with Crippen molar-refractivity contribution in [1.82, 2.24) is 4.57 Å². The van der Waals surface area contributed by atoms with Gasteiger partial charge in [-0.1, -0.05) is 6.07 Å². The highest BCUT2D eigenvalue weighted by atomic mass is 19.1. The van der Waals surface area contributed by atoms with E-state index >= 15 is 0 Å². The van der Waals surface area contributed by atoms with Gasteiger partial charge in [-0.05, 0) is 67.8 Å². The number of hydrogen-bond acceptors (Lipinski definition) is 7. The molecule has 0 saturated heterocycles. The van der Waals surface area contributed by atoms with Crippen LogP contribution in [0.4, 0.5) is 4.39 Å². The van der Waals surface area contributed by atoms with Crippen molar-refractivity contribution in [3.8, 4) is 29.2 Å². The van der Waals surface area contributed by atoms with Crippen LogP contribution in [0.2, 0.25) is 0 Å². The van der Waals surface area contributed by atoms with Crippen molar-refractivity contribution in [3.05, 3.63) is 80.9 Å². The fraction of sp³-hybridized carbons (Fsp3) is 0.269. The van der Waals surface area contributed by atoms with E-state index in [2.05, 4.69) is 0 Å². The van der Waals surface area contributed by atoms with Crippen LogP contribution in [0.5, 0.6) is 23.1 Å². The Morgan fingerprint density at radius 2 is 1.80 bits per heavy atom. The largest absolute Gasteiger partial charge is 0.494 e. The number of aromatic nitrogens is 1. The molecule has 0 radical (unpaired) electrons. The molecule has 0 aliphatic heterocycles. The molecular formula is C26H25FN2O6. The molecule has 9 heteroatoms. The molecule has 3 aromatic rings. The fourth-order valence-electron chi connectivity index (χ4n) is 3.70. The van der Waals surface area contributed by atoms with Gasteiger partial charge in [0.25, 0.3) is 5.56 Å². The fourth-order valence-corrected chi connectivity index (χ4v) is 3.70. The number of ether oxygens (including phenoxy) is 3. The Hall–Kier alpha value is -4.32. The summed E-state index contributed by atoms with van der Waals surface area (Å²) in [4.78, 5) is 26.1. The van der Waals surface area contributed by atoms with E-state index in [1.54, 1.807) is 18.2 Å². The summed E-state index contributed by atoms with van der Waals surface area (Å²) < 4.78 is 30.3. The third kappa shape index (κ3) is 5.27. The predicted molar refractivity (Wildman–Crippen MR) is 126 cm³/mol. The molecule has 182 valence electrons. The lowest BCUT2D eigenvalue weighted by molar-refractivity contribution is 0.0812. The number of carbonyl (C=O) groups excluding carboxylic acids is 1. The molecule has 1 aromatic heterocycles. The monoisotopic (exact) mass is 480 g/mol. The zero-order valence-electron chi connectivity index (χ0n) is 19.8. The van der Waals surface area contributed by atoms with Crippen LogP contribution >= 0.6 is 0 Å². The second kappa shape index (κ2) is 10.7. The van der Waals surface area contributed by atoms with Crippen molar-refractivity contribution in [2.75, 3.05) is 14.2 Å². The Morgan fingerprint density at radius 1 is 1.14 bits per heavy atom. The van der Waals surface area contributed by atoms with Crippen molar-refractivity contribution in [2.24, 2.45) is 0 Å². The van der Waals surface area contributed by atoms with Crippen LogP contribution in [-0.2, 0) is 13.0 Å². The zero-order chi connectivity index (χ0) is 25.7. The lowest BCUT2D eigenvalue weighted by Crippen LogP contribution is -2.31. The molecule has 0 aliphatic carbocycles. The minimum absolute atomic E-state index is 0.00257. The van der Waals surface area contributed by atoms with Gasteiger partial charge in [-0.25, -0.2) is 4.39 Å². The van der Waals surface area contributed by atoms with Gasteiger partial charge < -0.3 is 19.3 Å². The summed E-state index contributed by atoms with van der Waals surface area (Å²) >= 11 is 0. The summed E-state index contributed by atoms with van der Waals surface area (Å²) in [6.45, 7) is 2.90. The average Bonchev–Trinajstić information content (AvgIpc) is 2.85. The molecule has 2 aromatic carbocycles. The molecular weight excluding hydrogens is 455 g/mol. The number of carbonyl (C=O) groups is 1. The molecule has 1 N–H and O–H groups in total. The molecule has 0 amide bonds. The highest BCUT2D eigenvalue weighted by molar-refractivity contribution is 6.03. The minimum Gasteiger partial charge on any atom is -0.494 e. The Morgan fingerprint density at radius 3 is 2.40 bits per heavy atom. The number of benzene rings is 2. The van der Waals surface area contributed by atoms with Crippen LogP contribution in [0.15, 0.2) is 47.3 Å². The second-order valence-electron chi connectivity index (χ2n) is 7.78. The number of nitriles is 1. The van der Waals surface area contributed by atoms with Gasteiger partial charge >= 0.3 is 0 Å². The summed E-state index contributed by atoms with van der Waals surface area (Å²) in [6.07, 6.45) is -0.773. The zero-order valence-corrected chi connectivity index (χ0v) is 19.8. The van der Waals surface area contributed by atoms with Crippen molar-refractivity contribution >= 4 is 5.78 Å². The Labute approximate surface area is 201 Å². The van der Waals surface area contributed by atoms with Gasteiger partial charge in [0.1, 0.15) is 23.2 Å². The second-order valence-corrected chi connectivity index (χ2v) is 7.78. The number of pyridine rings is 1. The normalized spacial score (nSPS) is 11.4. The third-order valence-corrected chi connectivity index (χ3v) is 5.61. The average molecular weight is 480 g/mol. The number of ketones is 1. The number of nitrogens with zero attached hydrogens (tertiary/aromatic N) is 2. The number of Topliss-reactive ketones (excluding diaryl/α,β-unsaturated/α-hetero) is 1. The standard InChI is InChI=1S/C26H25FN2O6/c1-15-20(14-28)25(31)29(12-11-17-5-10-21(33-3)22(13-17)34-4)26(32)23(15)24(30)16(2)35-19-8-6-18(27)7-9-19/h5-10,13,16,32H,11-12H2,1-4H3. The molecule has 0 saturated carbocycles. The molecule has 8 nitrogen and oxygen atoms in total. The first kappa shape index (κ1) is 25.3. The molecule has 1 atom stereocenters. The highest BCUT2D eigenvalue weighted by Gasteiger charge is 2.28. The third-order valence-electron chi connectivity index (χ3n) is 5.61. The number of aryl methyl sites for hydroxylation is 1. The first-order valence-electron chi connectivity index (χ1n) is 10.8. The maximum Gasteiger partial charge on any atom is 0.271 e. The van der Waals surface area contributed by atoms with Crippen LogP contribution in [0, 0.1) is 24.1 Å². The van der Waals surface area contributed by atoms with E-state index < -0.39 is 29.1 Å². The highest BCUT2D eigenvalue weighted by Crippen LogP contribution is 2.29. The molecule has 0 bridgehead atoms. The Bertz CT molecular complexity index is 1340. The van der Waals surface area contributed by atoms with Gasteiger partial charge in [-0.3, -0.25) is 14.2 Å². The number of halogens is 1. The van der Waals surface area contributed by atoms with Gasteiger partial charge in [0.2, 0.25) is 11.7 Å². The number of methoxy groups -OCH3 is 2. The summed E-state index contributed by atoms with van der Waals surface area (Å²) in [7, 11) is 3.02. The number of aromatic hydroxyl groups is 1. The Balaban J connectivity index is 1.95. The quantitative estimate of drug-likeness (QED) is 0.464. The summed E-state index contributed by atoms with van der Waals surface area (Å²) in [5.41, 5.74) is -0.270. The van der Waals surface area contributed by atoms with Gasteiger partial charge in [-0.15, -0.1) is 0 Å². The summed E-state index contributed by atoms with van der Waals surface area (Å²) in [6, 6.07) is 12.2. The maximum absolute atomic E-state index is 13.2. The van der Waals surface area contributed by atoms with Crippen LogP contribution < -0.4 is 19.8 Å². The first-order valence-corrected chi connectivity index (χ1v) is 10.8. The molecule has 0 aliphatic rings. The predicted octanol–water partition coefficient (Wildman–Crippen LogP) is 3.78. The molecule has 1 unspecified atom stereocenters. The van der Waals surface area contributed by atoms with Gasteiger partial charge in [0, 0.05) is 6.54 Å². The van der Waals surface area contributed by atoms with E-state index in [1.807, 2.05) is 6.07 Å². The molecule has 0 spiro atoms. The first-order chi connectivity index (χ1) is 16.7. The molecule has 0 fully saturated rings. The lowest BCUT2D eigenvalue weighted by atomic mass is 9.99. The van der Waals surface area contributed by atoms with Gasteiger partial charge in [0.05, 0.1) is 19.8 Å². The summed E-state index contributed by atoms with van der Waals surface area (Å²) in [5, 5.41) is 20.5. The van der Waals surface area contributed by atoms with Crippen molar-refractivity contribution in [1.29, 1.82) is 5.26 Å². The van der Waals surface area contributed by atoms with Crippen molar-refractivity contribution in [2.45, 2.75) is 32.9 Å². The van der Waals surface area contributed by atoms with E-state index in [-0.39, 0.29) is 29.0 Å². The van der Waals surface area contributed by atoms with Gasteiger partial charge in [-0.2, -0.15) is 5.26 Å². The molecule has 3 rings (SSSR count). The van der Waals surface area contributed by atoms with Crippen LogP contribution in [0.3, 0.4) is 0 Å².